The molecule has 1 amide bonds. The molecule has 0 aliphatic heterocycles. The summed E-state index contributed by atoms with van der Waals surface area (Å²) in [5.74, 6) is -2.31. The normalized spacial score (nSPS) is 15.9. The number of carbonyl (C=O) groups excluding carboxylic acids is 1. The van der Waals surface area contributed by atoms with Crippen LogP contribution in [0.4, 0.5) is 10.1 Å². The molecular formula is C12H12FNO4. The Bertz CT molecular complexity index is 511. The van der Waals surface area contributed by atoms with E-state index in [0.717, 1.165) is 6.07 Å². The highest BCUT2D eigenvalue weighted by Gasteiger charge is 2.57. The van der Waals surface area contributed by atoms with Gasteiger partial charge in [-0.3, -0.25) is 9.59 Å². The zero-order valence-corrected chi connectivity index (χ0v) is 9.70. The number of ether oxygens (including phenoxy) is 1. The molecule has 1 aromatic carbocycles. The molecule has 5 nitrogen and oxygen atoms in total. The second-order valence-electron chi connectivity index (χ2n) is 4.19. The van der Waals surface area contributed by atoms with Gasteiger partial charge in [-0.2, -0.15) is 0 Å². The Morgan fingerprint density at radius 1 is 1.44 bits per heavy atom. The highest BCUT2D eigenvalue weighted by molar-refractivity contribution is 6.10. The Hall–Kier alpha value is -2.11. The van der Waals surface area contributed by atoms with E-state index in [1.165, 1.54) is 19.2 Å². The van der Waals surface area contributed by atoms with Crippen LogP contribution in [0, 0.1) is 11.2 Å². The minimum Gasteiger partial charge on any atom is -0.494 e. The Kier molecular flexibility index (Phi) is 2.94. The maximum absolute atomic E-state index is 13.4. The smallest absolute Gasteiger partial charge is 0.319 e. The Labute approximate surface area is 103 Å². The molecule has 1 aliphatic rings. The maximum Gasteiger partial charge on any atom is 0.319 e. The van der Waals surface area contributed by atoms with Crippen molar-refractivity contribution < 1.29 is 23.8 Å². The topological polar surface area (TPSA) is 75.6 Å². The number of nitrogens with one attached hydrogen (secondary N) is 1. The average molecular weight is 253 g/mol. The van der Waals surface area contributed by atoms with E-state index in [9.17, 15) is 14.0 Å². The number of hydrogen-bond acceptors (Lipinski definition) is 3. The maximum atomic E-state index is 13.4. The van der Waals surface area contributed by atoms with Crippen molar-refractivity contribution in [3.8, 4) is 5.75 Å². The third-order valence-electron chi connectivity index (χ3n) is 3.00. The molecule has 0 saturated heterocycles. The largest absolute Gasteiger partial charge is 0.494 e. The van der Waals surface area contributed by atoms with Crippen molar-refractivity contribution in [2.24, 2.45) is 5.41 Å². The molecule has 1 aliphatic carbocycles. The molecule has 0 spiro atoms. The van der Waals surface area contributed by atoms with Crippen LogP contribution in [0.3, 0.4) is 0 Å². The number of anilines is 1. The van der Waals surface area contributed by atoms with E-state index < -0.39 is 23.1 Å². The molecule has 0 unspecified atom stereocenters. The van der Waals surface area contributed by atoms with Gasteiger partial charge in [-0.15, -0.1) is 0 Å². The van der Waals surface area contributed by atoms with Gasteiger partial charge in [0.25, 0.3) is 0 Å². The number of halogens is 1. The van der Waals surface area contributed by atoms with Gasteiger partial charge >= 0.3 is 5.97 Å². The summed E-state index contributed by atoms with van der Waals surface area (Å²) in [6.07, 6.45) is 0.625. The van der Waals surface area contributed by atoms with Gasteiger partial charge in [-0.1, -0.05) is 0 Å². The molecule has 18 heavy (non-hydrogen) atoms. The van der Waals surface area contributed by atoms with Crippen LogP contribution in [-0.4, -0.2) is 24.1 Å². The molecule has 1 saturated carbocycles. The highest BCUT2D eigenvalue weighted by atomic mass is 19.1. The molecule has 0 bridgehead atoms. The number of carboxylic acids is 1. The molecule has 2 N–H and O–H groups in total. The van der Waals surface area contributed by atoms with Crippen molar-refractivity contribution in [1.82, 2.24) is 0 Å². The number of aliphatic carboxylic acids is 1. The van der Waals surface area contributed by atoms with Crippen LogP contribution in [-0.2, 0) is 9.59 Å². The van der Waals surface area contributed by atoms with E-state index in [1.807, 2.05) is 0 Å². The van der Waals surface area contributed by atoms with E-state index in [4.69, 9.17) is 9.84 Å². The van der Waals surface area contributed by atoms with Gasteiger partial charge in [0.2, 0.25) is 5.91 Å². The lowest BCUT2D eigenvalue weighted by Crippen LogP contribution is -2.31. The Morgan fingerprint density at radius 3 is 2.56 bits per heavy atom. The SMILES string of the molecule is COc1ccc(NC(=O)C2(C(=O)O)CC2)cc1F. The second-order valence-corrected chi connectivity index (χ2v) is 4.19. The van der Waals surface area contributed by atoms with Gasteiger partial charge in [0.15, 0.2) is 11.6 Å². The monoisotopic (exact) mass is 253 g/mol. The highest BCUT2D eigenvalue weighted by Crippen LogP contribution is 2.46. The molecule has 96 valence electrons. The molecule has 0 radical (unpaired) electrons. The predicted octanol–water partition coefficient (Wildman–Crippen LogP) is 1.64. The minimum atomic E-state index is -1.34. The van der Waals surface area contributed by atoms with Gasteiger partial charge in [0.1, 0.15) is 5.41 Å². The number of hydrogen-bond donors (Lipinski definition) is 2. The number of carbonyl (C=O) groups is 2. The molecule has 2 rings (SSSR count). The van der Waals surface area contributed by atoms with E-state index >= 15 is 0 Å². The number of carboxylic acid groups (broad SMARTS) is 1. The van der Waals surface area contributed by atoms with Gasteiger partial charge in [0.05, 0.1) is 7.11 Å². The molecule has 1 fully saturated rings. The van der Waals surface area contributed by atoms with Crippen LogP contribution in [0.25, 0.3) is 0 Å². The van der Waals surface area contributed by atoms with Crippen LogP contribution in [0.1, 0.15) is 12.8 Å². The second kappa shape index (κ2) is 4.29. The van der Waals surface area contributed by atoms with Crippen LogP contribution in [0.2, 0.25) is 0 Å². The zero-order chi connectivity index (χ0) is 13.3. The quantitative estimate of drug-likeness (QED) is 0.800. The van der Waals surface area contributed by atoms with E-state index in [1.54, 1.807) is 0 Å². The lowest BCUT2D eigenvalue weighted by Gasteiger charge is -2.11. The van der Waals surface area contributed by atoms with Crippen molar-refractivity contribution in [3.63, 3.8) is 0 Å². The number of amides is 1. The lowest BCUT2D eigenvalue weighted by atomic mass is 10.1. The zero-order valence-electron chi connectivity index (χ0n) is 9.70. The van der Waals surface area contributed by atoms with Crippen molar-refractivity contribution in [1.29, 1.82) is 0 Å². The Balaban J connectivity index is 2.13. The molecular weight excluding hydrogens is 241 g/mol. The standard InChI is InChI=1S/C12H12FNO4/c1-18-9-3-2-7(6-8(9)13)14-10(15)12(4-5-12)11(16)17/h2-3,6H,4-5H2,1H3,(H,14,15)(H,16,17). The fourth-order valence-electron chi connectivity index (χ4n) is 1.66. The lowest BCUT2D eigenvalue weighted by molar-refractivity contribution is -0.147. The first-order valence-electron chi connectivity index (χ1n) is 5.38. The fourth-order valence-corrected chi connectivity index (χ4v) is 1.66. The summed E-state index contributed by atoms with van der Waals surface area (Å²) in [4.78, 5) is 22.7. The summed E-state index contributed by atoms with van der Waals surface area (Å²) < 4.78 is 18.1. The van der Waals surface area contributed by atoms with Crippen molar-refractivity contribution in [2.45, 2.75) is 12.8 Å². The van der Waals surface area contributed by atoms with Crippen molar-refractivity contribution in [2.75, 3.05) is 12.4 Å². The first-order chi connectivity index (χ1) is 8.49. The van der Waals surface area contributed by atoms with Crippen molar-refractivity contribution in [3.05, 3.63) is 24.0 Å². The summed E-state index contributed by atoms with van der Waals surface area (Å²) >= 11 is 0. The van der Waals surface area contributed by atoms with Gasteiger partial charge in [-0.05, 0) is 25.0 Å². The number of rotatable bonds is 4. The van der Waals surface area contributed by atoms with E-state index in [0.29, 0.717) is 12.8 Å². The van der Waals surface area contributed by atoms with Crippen LogP contribution < -0.4 is 10.1 Å². The summed E-state index contributed by atoms with van der Waals surface area (Å²) in [6, 6.07) is 3.91. The molecule has 0 atom stereocenters. The van der Waals surface area contributed by atoms with Crippen LogP contribution in [0.15, 0.2) is 18.2 Å². The van der Waals surface area contributed by atoms with Crippen molar-refractivity contribution >= 4 is 17.6 Å². The third-order valence-corrected chi connectivity index (χ3v) is 3.00. The predicted molar refractivity (Wildman–Crippen MR) is 60.9 cm³/mol. The minimum absolute atomic E-state index is 0.0624. The van der Waals surface area contributed by atoms with E-state index in [-0.39, 0.29) is 11.4 Å². The van der Waals surface area contributed by atoms with Gasteiger partial charge in [-0.25, -0.2) is 4.39 Å². The van der Waals surface area contributed by atoms with Crippen LogP contribution in [0.5, 0.6) is 5.75 Å². The number of benzene rings is 1. The fraction of sp³-hybridized carbons (Fsp3) is 0.333. The van der Waals surface area contributed by atoms with Gasteiger partial charge in [0, 0.05) is 11.8 Å². The van der Waals surface area contributed by atoms with E-state index in [2.05, 4.69) is 5.32 Å². The average Bonchev–Trinajstić information content (AvgIpc) is 3.10. The first kappa shape index (κ1) is 12.3. The summed E-state index contributed by atoms with van der Waals surface area (Å²) in [6.45, 7) is 0. The number of methoxy groups -OCH3 is 1. The third kappa shape index (κ3) is 2.01. The summed E-state index contributed by atoms with van der Waals surface area (Å²) in [5, 5.41) is 11.3. The molecule has 6 heteroatoms. The Morgan fingerprint density at radius 2 is 2.11 bits per heavy atom. The molecule has 1 aromatic rings. The van der Waals surface area contributed by atoms with Crippen LogP contribution >= 0.6 is 0 Å². The first-order valence-corrected chi connectivity index (χ1v) is 5.38. The molecule has 0 aromatic heterocycles. The summed E-state index contributed by atoms with van der Waals surface area (Å²) in [5.41, 5.74) is -1.12. The summed E-state index contributed by atoms with van der Waals surface area (Å²) in [7, 11) is 1.33. The molecule has 0 heterocycles. The van der Waals surface area contributed by atoms with Gasteiger partial charge < -0.3 is 15.2 Å².